The average molecular weight is 679 g/mol. The molecule has 10 rings (SSSR count). The Morgan fingerprint density at radius 3 is 1.73 bits per heavy atom. The van der Waals surface area contributed by atoms with E-state index in [0.717, 1.165) is 48.7 Å². The van der Waals surface area contributed by atoms with Gasteiger partial charge in [-0.15, -0.1) is 0 Å². The number of anilines is 8. The van der Waals surface area contributed by atoms with E-state index in [-0.39, 0.29) is 17.7 Å². The van der Waals surface area contributed by atoms with Crippen molar-refractivity contribution >= 4 is 56.9 Å². The molecule has 6 aromatic rings. The van der Waals surface area contributed by atoms with Gasteiger partial charge in [0.05, 0.1) is 34.6 Å². The minimum Gasteiger partial charge on any atom is -0.318 e. The average Bonchev–Trinajstić information content (AvgIpc) is 3.74. The number of fused-ring (bicyclic) bond motifs is 10. The van der Waals surface area contributed by atoms with E-state index in [1.807, 2.05) is 6.20 Å². The summed E-state index contributed by atoms with van der Waals surface area (Å²) in [4.78, 5) is 20.7. The third-order valence-corrected chi connectivity index (χ3v) is 12.0. The highest BCUT2D eigenvalue weighted by Gasteiger charge is 2.58. The first-order valence-electron chi connectivity index (χ1n) is 18.8. The van der Waals surface area contributed by atoms with Crippen LogP contribution >= 0.6 is 0 Å². The van der Waals surface area contributed by atoms with Crippen LogP contribution in [0.1, 0.15) is 56.9 Å². The van der Waals surface area contributed by atoms with Crippen LogP contribution in [-0.4, -0.2) is 22.3 Å². The van der Waals surface area contributed by atoms with Gasteiger partial charge in [0.2, 0.25) is 0 Å². The molecule has 0 amide bonds. The highest BCUT2D eigenvalue weighted by molar-refractivity contribution is 6.07. The Labute approximate surface area is 306 Å². The van der Waals surface area contributed by atoms with Gasteiger partial charge in [-0.25, -0.2) is 9.97 Å². The lowest BCUT2D eigenvalue weighted by molar-refractivity contribution is 0.294. The van der Waals surface area contributed by atoms with E-state index in [1.54, 1.807) is 0 Å². The predicted octanol–water partition coefficient (Wildman–Crippen LogP) is 11.4. The molecule has 0 fully saturated rings. The van der Waals surface area contributed by atoms with Crippen LogP contribution in [-0.2, 0) is 6.42 Å². The molecule has 0 saturated heterocycles. The van der Waals surface area contributed by atoms with Gasteiger partial charge in [-0.05, 0) is 78.9 Å². The predicted molar refractivity (Wildman–Crippen MR) is 214 cm³/mol. The fourth-order valence-electron chi connectivity index (χ4n) is 9.72. The lowest BCUT2D eigenvalue weighted by Gasteiger charge is -2.53. The second kappa shape index (κ2) is 11.8. The fraction of sp³-hybridized carbons (Fsp3) is 0.217. The van der Waals surface area contributed by atoms with Gasteiger partial charge < -0.3 is 19.6 Å². The Hall–Kier alpha value is -5.88. The first-order chi connectivity index (χ1) is 25.7. The molecule has 6 nitrogen and oxygen atoms in total. The summed E-state index contributed by atoms with van der Waals surface area (Å²) in [5, 5.41) is 0. The number of hydrogen-bond acceptors (Lipinski definition) is 6. The molecule has 6 heteroatoms. The van der Waals surface area contributed by atoms with Crippen LogP contribution in [0.5, 0.6) is 0 Å². The summed E-state index contributed by atoms with van der Waals surface area (Å²) in [6.45, 7) is 6.95. The maximum absolute atomic E-state index is 5.34. The van der Waals surface area contributed by atoms with Crippen molar-refractivity contribution in [2.45, 2.75) is 58.8 Å². The third kappa shape index (κ3) is 4.18. The van der Waals surface area contributed by atoms with Gasteiger partial charge in [0.1, 0.15) is 12.3 Å². The first kappa shape index (κ1) is 30.9. The number of aromatic nitrogens is 2. The Morgan fingerprint density at radius 1 is 0.558 bits per heavy atom. The second-order valence-electron chi connectivity index (χ2n) is 14.3. The zero-order valence-electron chi connectivity index (χ0n) is 29.9. The molecule has 4 aliphatic heterocycles. The van der Waals surface area contributed by atoms with Crippen LogP contribution in [0, 0.1) is 5.41 Å². The van der Waals surface area contributed by atoms with Gasteiger partial charge in [0, 0.05) is 34.3 Å². The summed E-state index contributed by atoms with van der Waals surface area (Å²) >= 11 is 0. The summed E-state index contributed by atoms with van der Waals surface area (Å²) in [6, 6.07) is 48.9. The molecule has 5 aromatic carbocycles. The van der Waals surface area contributed by atoms with E-state index in [4.69, 9.17) is 9.97 Å². The van der Waals surface area contributed by atoms with E-state index in [1.165, 1.54) is 50.7 Å². The summed E-state index contributed by atoms with van der Waals surface area (Å²) in [7, 11) is 0. The SMILES string of the molecule is CCc1cnc2c(n1)N(c1ccccc1)C1N2c2ccccc2C(=C2CC3N(c4ccccc4)c4ccccc4N3c3ccccc32)C1(CC)CC. The molecule has 0 bridgehead atoms. The Kier molecular flexibility index (Phi) is 7.04. The maximum Gasteiger partial charge on any atom is 0.178 e. The number of aryl methyl sites for hydroxylation is 1. The highest BCUT2D eigenvalue weighted by Crippen LogP contribution is 2.65. The fourth-order valence-corrected chi connectivity index (χ4v) is 9.72. The van der Waals surface area contributed by atoms with Gasteiger partial charge in [0.25, 0.3) is 0 Å². The minimum atomic E-state index is -0.271. The molecule has 0 spiro atoms. The molecule has 4 aliphatic rings. The molecule has 2 atom stereocenters. The van der Waals surface area contributed by atoms with Crippen molar-refractivity contribution in [3.8, 4) is 0 Å². The molecule has 2 unspecified atom stereocenters. The normalized spacial score (nSPS) is 20.5. The van der Waals surface area contributed by atoms with Gasteiger partial charge in [-0.3, -0.25) is 0 Å². The standard InChI is InChI=1S/C46H42N6/c1-4-31-30-47-43-44(48-31)50(33-21-11-8-12-22-33)45-46(5-2,6-3)42(35-24-14-16-26-38(35)52(43)45)36-29-41-49(32-19-9-7-10-20-32)39-27-17-18-28-40(39)51(41)37-25-15-13-23-34(36)37/h7-28,30,41,45H,4-6,29H2,1-3H3. The van der Waals surface area contributed by atoms with Crippen molar-refractivity contribution < 1.29 is 0 Å². The summed E-state index contributed by atoms with van der Waals surface area (Å²) in [5.74, 6) is 1.88. The van der Waals surface area contributed by atoms with E-state index >= 15 is 0 Å². The van der Waals surface area contributed by atoms with Crippen LogP contribution < -0.4 is 19.6 Å². The van der Waals surface area contributed by atoms with Crippen molar-refractivity contribution in [1.82, 2.24) is 9.97 Å². The van der Waals surface area contributed by atoms with Gasteiger partial charge >= 0.3 is 0 Å². The van der Waals surface area contributed by atoms with Crippen molar-refractivity contribution in [3.05, 3.63) is 156 Å². The summed E-state index contributed by atoms with van der Waals surface area (Å²) in [5.41, 5.74) is 13.6. The van der Waals surface area contributed by atoms with Crippen LogP contribution in [0.4, 0.5) is 45.8 Å². The van der Waals surface area contributed by atoms with Gasteiger partial charge in [-0.1, -0.05) is 106 Å². The molecule has 1 aromatic heterocycles. The molecule has 5 heterocycles. The van der Waals surface area contributed by atoms with Crippen molar-refractivity contribution in [1.29, 1.82) is 0 Å². The Bertz CT molecular complexity index is 2350. The number of benzene rings is 5. The summed E-state index contributed by atoms with van der Waals surface area (Å²) in [6.07, 6.45) is 5.61. The van der Waals surface area contributed by atoms with Crippen molar-refractivity contribution in [2.24, 2.45) is 5.41 Å². The highest BCUT2D eigenvalue weighted by atomic mass is 15.5. The molecule has 0 N–H and O–H groups in total. The van der Waals surface area contributed by atoms with Gasteiger partial charge in [0.15, 0.2) is 11.6 Å². The topological polar surface area (TPSA) is 38.7 Å². The van der Waals surface area contributed by atoms with E-state index in [9.17, 15) is 0 Å². The van der Waals surface area contributed by atoms with E-state index in [0.29, 0.717) is 0 Å². The van der Waals surface area contributed by atoms with Crippen LogP contribution in [0.2, 0.25) is 0 Å². The molecule has 256 valence electrons. The first-order valence-corrected chi connectivity index (χ1v) is 18.8. The van der Waals surface area contributed by atoms with Gasteiger partial charge in [-0.2, -0.15) is 0 Å². The minimum absolute atomic E-state index is 0.0550. The second-order valence-corrected chi connectivity index (χ2v) is 14.3. The number of hydrogen-bond donors (Lipinski definition) is 0. The zero-order chi connectivity index (χ0) is 35.0. The quantitative estimate of drug-likeness (QED) is 0.181. The van der Waals surface area contributed by atoms with Crippen LogP contribution in [0.25, 0.3) is 11.1 Å². The van der Waals surface area contributed by atoms with Crippen molar-refractivity contribution in [2.75, 3.05) is 19.6 Å². The number of para-hydroxylation sites is 6. The molecular formula is C46H42N6. The lowest BCUT2D eigenvalue weighted by atomic mass is 9.64. The number of nitrogens with zero attached hydrogens (tertiary/aromatic N) is 6. The Balaban J connectivity index is 1.28. The van der Waals surface area contributed by atoms with Crippen molar-refractivity contribution in [3.63, 3.8) is 0 Å². The molecule has 0 saturated carbocycles. The largest absolute Gasteiger partial charge is 0.318 e. The van der Waals surface area contributed by atoms with E-state index < -0.39 is 0 Å². The zero-order valence-corrected chi connectivity index (χ0v) is 29.9. The molecule has 0 radical (unpaired) electrons. The van der Waals surface area contributed by atoms with E-state index in [2.05, 4.69) is 174 Å². The molecular weight excluding hydrogens is 637 g/mol. The Morgan fingerprint density at radius 2 is 1.10 bits per heavy atom. The third-order valence-electron chi connectivity index (χ3n) is 12.0. The molecule has 52 heavy (non-hydrogen) atoms. The maximum atomic E-state index is 5.34. The smallest absolute Gasteiger partial charge is 0.178 e. The monoisotopic (exact) mass is 678 g/mol. The van der Waals surface area contributed by atoms with Crippen LogP contribution in [0.15, 0.2) is 140 Å². The molecule has 0 aliphatic carbocycles. The summed E-state index contributed by atoms with van der Waals surface area (Å²) < 4.78 is 0. The number of rotatable bonds is 5. The van der Waals surface area contributed by atoms with Crippen LogP contribution in [0.3, 0.4) is 0 Å². The lowest BCUT2D eigenvalue weighted by Crippen LogP contribution is -2.55.